The summed E-state index contributed by atoms with van der Waals surface area (Å²) in [6.07, 6.45) is 0. The second-order valence-electron chi connectivity index (χ2n) is 10.5. The predicted octanol–water partition coefficient (Wildman–Crippen LogP) is 12.6. The van der Waals surface area contributed by atoms with Crippen LogP contribution in [0.1, 0.15) is 35.5 Å². The first-order valence-corrected chi connectivity index (χ1v) is 16.8. The molecule has 0 radical (unpaired) electrons. The summed E-state index contributed by atoms with van der Waals surface area (Å²) in [7, 11) is 3.93. The molecule has 0 bridgehead atoms. The lowest BCUT2D eigenvalue weighted by molar-refractivity contribution is 1.10. The fourth-order valence-corrected chi connectivity index (χ4v) is 8.00. The van der Waals surface area contributed by atoms with Crippen molar-refractivity contribution in [2.75, 3.05) is 0 Å². The van der Waals surface area contributed by atoms with Gasteiger partial charge in [-0.3, -0.25) is 0 Å². The van der Waals surface area contributed by atoms with E-state index in [4.69, 9.17) is 0 Å². The summed E-state index contributed by atoms with van der Waals surface area (Å²) >= 11 is 0. The Morgan fingerprint density at radius 3 is 0.976 bits per heavy atom. The first-order chi connectivity index (χ1) is 20.7. The van der Waals surface area contributed by atoms with Crippen molar-refractivity contribution in [3.05, 3.63) is 169 Å². The lowest BCUT2D eigenvalue weighted by Gasteiger charge is -2.22. The van der Waals surface area contributed by atoms with Gasteiger partial charge in [-0.25, -0.2) is 0 Å². The molecule has 0 saturated carbocycles. The molecule has 0 spiro atoms. The quantitative estimate of drug-likeness (QED) is 0.157. The predicted molar refractivity (Wildman–Crippen MR) is 187 cm³/mol. The van der Waals surface area contributed by atoms with Crippen LogP contribution < -0.4 is 0 Å². The molecule has 6 rings (SSSR count). The van der Waals surface area contributed by atoms with Crippen LogP contribution in [0.4, 0.5) is 0 Å². The molecule has 0 saturated heterocycles. The van der Waals surface area contributed by atoms with Crippen molar-refractivity contribution in [1.29, 1.82) is 0 Å². The topological polar surface area (TPSA) is 0 Å². The molecule has 206 valence electrons. The van der Waals surface area contributed by atoms with E-state index in [0.29, 0.717) is 10.5 Å². The summed E-state index contributed by atoms with van der Waals surface area (Å²) in [4.78, 5) is 0. The highest BCUT2D eigenvalue weighted by molar-refractivity contribution is 8.76. The highest BCUT2D eigenvalue weighted by atomic mass is 33.1. The summed E-state index contributed by atoms with van der Waals surface area (Å²) in [5.41, 5.74) is 12.9. The first kappa shape index (κ1) is 28.2. The minimum Gasteiger partial charge on any atom is -0.0856 e. The van der Waals surface area contributed by atoms with Gasteiger partial charge in [0.15, 0.2) is 0 Å². The molecule has 0 aromatic heterocycles. The second kappa shape index (κ2) is 13.3. The lowest BCUT2D eigenvalue weighted by atomic mass is 9.93. The molecule has 6 aromatic rings. The highest BCUT2D eigenvalue weighted by Crippen LogP contribution is 2.50. The maximum absolute atomic E-state index is 2.39. The average molecular weight is 579 g/mol. The standard InChI is InChI=1S/C40H34S2/c1-29(39-27-35(31-15-7-3-8-16-31)23-25-37(39)33-19-11-5-12-20-33)41-42-30(2)40-28-36(32-17-9-4-10-18-32)24-26-38(40)34-21-13-6-14-22-34/h3-30H,1-2H3/t29-,30-/m1/s1. The number of hydrogen-bond acceptors (Lipinski definition) is 2. The average Bonchev–Trinajstić information content (AvgIpc) is 3.08. The summed E-state index contributed by atoms with van der Waals surface area (Å²) in [5.74, 6) is 0. The van der Waals surface area contributed by atoms with Crippen LogP contribution in [0.3, 0.4) is 0 Å². The molecule has 0 unspecified atom stereocenters. The molecule has 2 heteroatoms. The van der Waals surface area contributed by atoms with E-state index in [-0.39, 0.29) is 0 Å². The minimum atomic E-state index is 0.300. The van der Waals surface area contributed by atoms with Crippen LogP contribution in [-0.4, -0.2) is 0 Å². The summed E-state index contributed by atoms with van der Waals surface area (Å²) < 4.78 is 0. The molecule has 0 fully saturated rings. The van der Waals surface area contributed by atoms with Crippen molar-refractivity contribution >= 4 is 21.6 Å². The molecule has 0 aliphatic rings. The number of benzene rings is 6. The Hall–Kier alpha value is -3.98. The van der Waals surface area contributed by atoms with E-state index in [9.17, 15) is 0 Å². The zero-order valence-electron chi connectivity index (χ0n) is 24.0. The van der Waals surface area contributed by atoms with Crippen LogP contribution in [0.2, 0.25) is 0 Å². The smallest absolute Gasteiger partial charge is 0.0379 e. The van der Waals surface area contributed by atoms with E-state index in [2.05, 4.69) is 172 Å². The number of hydrogen-bond donors (Lipinski definition) is 0. The summed E-state index contributed by atoms with van der Waals surface area (Å²) in [6.45, 7) is 4.69. The molecular weight excluding hydrogens is 545 g/mol. The minimum absolute atomic E-state index is 0.300. The molecular formula is C40H34S2. The van der Waals surface area contributed by atoms with Gasteiger partial charge in [0.05, 0.1) is 0 Å². The van der Waals surface area contributed by atoms with E-state index < -0.39 is 0 Å². The second-order valence-corrected chi connectivity index (χ2v) is 13.5. The summed E-state index contributed by atoms with van der Waals surface area (Å²) in [5, 5.41) is 0.600. The molecule has 0 nitrogen and oxygen atoms in total. The van der Waals surface area contributed by atoms with Gasteiger partial charge < -0.3 is 0 Å². The van der Waals surface area contributed by atoms with Crippen LogP contribution >= 0.6 is 21.6 Å². The largest absolute Gasteiger partial charge is 0.0856 e. The third kappa shape index (κ3) is 6.41. The fourth-order valence-electron chi connectivity index (χ4n) is 5.45. The van der Waals surface area contributed by atoms with E-state index in [0.717, 1.165) is 0 Å². The van der Waals surface area contributed by atoms with Crippen LogP contribution in [0.15, 0.2) is 158 Å². The van der Waals surface area contributed by atoms with Gasteiger partial charge >= 0.3 is 0 Å². The van der Waals surface area contributed by atoms with Crippen molar-refractivity contribution in [3.63, 3.8) is 0 Å². The Balaban J connectivity index is 1.32. The molecule has 42 heavy (non-hydrogen) atoms. The Bertz CT molecular complexity index is 1600. The van der Waals surface area contributed by atoms with Gasteiger partial charge in [0.25, 0.3) is 0 Å². The fraction of sp³-hybridized carbons (Fsp3) is 0.100. The first-order valence-electron chi connectivity index (χ1n) is 14.5. The molecule has 0 heterocycles. The van der Waals surface area contributed by atoms with Gasteiger partial charge in [-0.1, -0.05) is 167 Å². The third-order valence-corrected chi connectivity index (χ3v) is 11.0. The maximum atomic E-state index is 2.39. The Morgan fingerprint density at radius 2 is 0.643 bits per heavy atom. The molecule has 0 aliphatic carbocycles. The van der Waals surface area contributed by atoms with Gasteiger partial charge in [0, 0.05) is 10.5 Å². The lowest BCUT2D eigenvalue weighted by Crippen LogP contribution is -1.96. The highest BCUT2D eigenvalue weighted by Gasteiger charge is 2.19. The molecule has 6 aromatic carbocycles. The summed E-state index contributed by atoms with van der Waals surface area (Å²) in [6, 6.07) is 56.9. The Labute approximate surface area is 258 Å². The van der Waals surface area contributed by atoms with Gasteiger partial charge in [0.2, 0.25) is 0 Å². The third-order valence-electron chi connectivity index (χ3n) is 7.71. The van der Waals surface area contributed by atoms with Crippen LogP contribution in [0, 0.1) is 0 Å². The van der Waals surface area contributed by atoms with Gasteiger partial charge in [-0.15, -0.1) is 0 Å². The van der Waals surface area contributed by atoms with E-state index >= 15 is 0 Å². The Morgan fingerprint density at radius 1 is 0.333 bits per heavy atom. The monoisotopic (exact) mass is 578 g/mol. The zero-order chi connectivity index (χ0) is 28.7. The van der Waals surface area contributed by atoms with Gasteiger partial charge in [-0.2, -0.15) is 0 Å². The molecule has 2 atom stereocenters. The normalized spacial score (nSPS) is 12.5. The van der Waals surface area contributed by atoms with Crippen molar-refractivity contribution in [2.24, 2.45) is 0 Å². The van der Waals surface area contributed by atoms with Crippen molar-refractivity contribution in [2.45, 2.75) is 24.3 Å². The SMILES string of the molecule is C[C@@H](SS[C@H](C)c1cc(-c2ccccc2)ccc1-c1ccccc1)c1cc(-c2ccccc2)ccc1-c1ccccc1. The van der Waals surface area contributed by atoms with Crippen LogP contribution in [-0.2, 0) is 0 Å². The zero-order valence-corrected chi connectivity index (χ0v) is 25.6. The van der Waals surface area contributed by atoms with Crippen molar-refractivity contribution in [1.82, 2.24) is 0 Å². The van der Waals surface area contributed by atoms with E-state index in [1.54, 1.807) is 0 Å². The molecule has 0 N–H and O–H groups in total. The van der Waals surface area contributed by atoms with E-state index in [1.807, 2.05) is 21.6 Å². The maximum Gasteiger partial charge on any atom is 0.0379 e. The number of rotatable bonds is 9. The van der Waals surface area contributed by atoms with Crippen molar-refractivity contribution < 1.29 is 0 Å². The van der Waals surface area contributed by atoms with Crippen molar-refractivity contribution in [3.8, 4) is 44.5 Å². The van der Waals surface area contributed by atoms with Gasteiger partial charge in [0.1, 0.15) is 0 Å². The molecule has 0 amide bonds. The van der Waals surface area contributed by atoms with E-state index in [1.165, 1.54) is 55.6 Å². The van der Waals surface area contributed by atoms with Gasteiger partial charge in [-0.05, 0) is 81.6 Å². The van der Waals surface area contributed by atoms with Crippen LogP contribution in [0.25, 0.3) is 44.5 Å². The Kier molecular flexibility index (Phi) is 8.94. The van der Waals surface area contributed by atoms with Crippen LogP contribution in [0.5, 0.6) is 0 Å². The molecule has 0 aliphatic heterocycles.